The number of carbonyl (C=O) groups is 3. The van der Waals surface area contributed by atoms with Gasteiger partial charge < -0.3 is 14.9 Å². The first-order valence-corrected chi connectivity index (χ1v) is 11.7. The van der Waals surface area contributed by atoms with Crippen LogP contribution in [0.1, 0.15) is 25.3 Å². The summed E-state index contributed by atoms with van der Waals surface area (Å²) >= 11 is 0. The maximum atomic E-state index is 13.4. The average molecular weight is 491 g/mol. The number of likely N-dealkylation sites (tertiary alicyclic amines) is 1. The fourth-order valence-electron chi connectivity index (χ4n) is 4.73. The van der Waals surface area contributed by atoms with Crippen LogP contribution in [0.4, 0.5) is 16.4 Å². The lowest BCUT2D eigenvalue weighted by molar-refractivity contribution is -0.135. The number of aliphatic hydroxyl groups is 1. The van der Waals surface area contributed by atoms with Gasteiger partial charge in [-0.25, -0.2) is 19.7 Å². The van der Waals surface area contributed by atoms with E-state index in [1.54, 1.807) is 40.3 Å². The van der Waals surface area contributed by atoms with Crippen LogP contribution >= 0.6 is 0 Å². The highest BCUT2D eigenvalue weighted by Gasteiger charge is 2.37. The number of aliphatic hydroxyl groups excluding tert-OH is 1. The lowest BCUT2D eigenvalue weighted by Crippen LogP contribution is -2.54. The molecule has 0 bridgehead atoms. The monoisotopic (exact) mass is 490 g/mol. The summed E-state index contributed by atoms with van der Waals surface area (Å²) in [6.07, 6.45) is 6.13. The highest BCUT2D eigenvalue weighted by molar-refractivity contribution is 6.04. The zero-order chi connectivity index (χ0) is 25.4. The summed E-state index contributed by atoms with van der Waals surface area (Å²) < 4.78 is 0. The zero-order valence-electron chi connectivity index (χ0n) is 20.0. The molecule has 1 saturated heterocycles. The molecule has 4 amide bonds. The number of fused-ring (bicyclic) bond motifs is 3. The smallest absolute Gasteiger partial charge is 0.324 e. The Bertz CT molecular complexity index is 1340. The number of nitrogens with zero attached hydrogens (tertiary/aromatic N) is 7. The van der Waals surface area contributed by atoms with E-state index >= 15 is 0 Å². The van der Waals surface area contributed by atoms with E-state index in [1.807, 2.05) is 12.1 Å². The second-order valence-electron chi connectivity index (χ2n) is 8.95. The minimum atomic E-state index is -0.516. The van der Waals surface area contributed by atoms with Crippen molar-refractivity contribution in [3.05, 3.63) is 36.3 Å². The van der Waals surface area contributed by atoms with E-state index in [9.17, 15) is 19.5 Å². The predicted octanol–water partition coefficient (Wildman–Crippen LogP) is 1.40. The van der Waals surface area contributed by atoms with Gasteiger partial charge in [0.15, 0.2) is 0 Å². The Morgan fingerprint density at radius 1 is 1.11 bits per heavy atom. The Hall–Kier alpha value is -4.19. The van der Waals surface area contributed by atoms with E-state index in [4.69, 9.17) is 4.98 Å². The summed E-state index contributed by atoms with van der Waals surface area (Å²) in [5.74, 6) is -0.355. The number of hydrogen-bond acceptors (Lipinski definition) is 8. The highest BCUT2D eigenvalue weighted by Crippen LogP contribution is 2.37. The summed E-state index contributed by atoms with van der Waals surface area (Å²) in [6.45, 7) is 2.21. The number of hydrogen-bond donors (Lipinski definition) is 2. The minimum absolute atomic E-state index is 0.127. The van der Waals surface area contributed by atoms with E-state index in [-0.39, 0.29) is 29.8 Å². The van der Waals surface area contributed by atoms with E-state index in [2.05, 4.69) is 20.3 Å². The molecule has 0 atom stereocenters. The summed E-state index contributed by atoms with van der Waals surface area (Å²) in [4.78, 5) is 59.5. The summed E-state index contributed by atoms with van der Waals surface area (Å²) in [5, 5.41) is 11.7. The summed E-state index contributed by atoms with van der Waals surface area (Å²) in [5.41, 5.74) is 4.15. The van der Waals surface area contributed by atoms with Crippen LogP contribution in [-0.2, 0) is 16.1 Å². The second-order valence-corrected chi connectivity index (χ2v) is 8.95. The van der Waals surface area contributed by atoms with Crippen molar-refractivity contribution in [2.24, 2.45) is 0 Å². The molecule has 2 aliphatic rings. The van der Waals surface area contributed by atoms with Gasteiger partial charge in [-0.15, -0.1) is 0 Å². The van der Waals surface area contributed by atoms with Crippen molar-refractivity contribution in [3.8, 4) is 11.3 Å². The third-order valence-electron chi connectivity index (χ3n) is 6.50. The van der Waals surface area contributed by atoms with E-state index < -0.39 is 6.61 Å². The van der Waals surface area contributed by atoms with Crippen molar-refractivity contribution in [2.75, 3.05) is 37.0 Å². The number of carbonyl (C=O) groups excluding carboxylic acids is 3. The van der Waals surface area contributed by atoms with E-state index in [0.29, 0.717) is 54.8 Å². The van der Waals surface area contributed by atoms with Gasteiger partial charge in [-0.3, -0.25) is 24.8 Å². The molecular formula is C24H26N8O4. The molecule has 0 radical (unpaired) electrons. The SMILES string of the molecule is CC(=O)Nc1ncc(-c2ccc3ncc4c(c3n2)N(C2CCN(C(=O)CO)CC2)C(=O)N(C)C4)cn1. The van der Waals surface area contributed by atoms with Gasteiger partial charge in [-0.05, 0) is 25.0 Å². The molecule has 186 valence electrons. The van der Waals surface area contributed by atoms with Crippen molar-refractivity contribution in [3.63, 3.8) is 0 Å². The number of pyridine rings is 2. The normalized spacial score (nSPS) is 16.3. The van der Waals surface area contributed by atoms with Gasteiger partial charge in [0.25, 0.3) is 0 Å². The quantitative estimate of drug-likeness (QED) is 0.558. The fourth-order valence-corrected chi connectivity index (χ4v) is 4.73. The predicted molar refractivity (Wildman–Crippen MR) is 131 cm³/mol. The van der Waals surface area contributed by atoms with Crippen LogP contribution in [0.15, 0.2) is 30.7 Å². The van der Waals surface area contributed by atoms with Crippen LogP contribution in [0.5, 0.6) is 0 Å². The van der Waals surface area contributed by atoms with Crippen LogP contribution in [0, 0.1) is 0 Å². The Labute approximate surface area is 207 Å². The number of rotatable bonds is 4. The van der Waals surface area contributed by atoms with Crippen molar-refractivity contribution < 1.29 is 19.5 Å². The lowest BCUT2D eigenvalue weighted by atomic mass is 9.99. The van der Waals surface area contributed by atoms with E-state index in [1.165, 1.54) is 6.92 Å². The van der Waals surface area contributed by atoms with Crippen molar-refractivity contribution in [1.82, 2.24) is 29.7 Å². The van der Waals surface area contributed by atoms with Crippen molar-refractivity contribution in [1.29, 1.82) is 0 Å². The van der Waals surface area contributed by atoms with Gasteiger partial charge in [0.05, 0.1) is 23.4 Å². The average Bonchev–Trinajstić information content (AvgIpc) is 2.89. The molecule has 36 heavy (non-hydrogen) atoms. The maximum absolute atomic E-state index is 13.4. The molecule has 12 nitrogen and oxygen atoms in total. The Kier molecular flexibility index (Phi) is 6.18. The molecule has 12 heteroatoms. The Morgan fingerprint density at radius 2 is 1.83 bits per heavy atom. The number of anilines is 2. The molecule has 2 N–H and O–H groups in total. The van der Waals surface area contributed by atoms with Gasteiger partial charge in [0.2, 0.25) is 17.8 Å². The van der Waals surface area contributed by atoms with Crippen LogP contribution in [0.3, 0.4) is 0 Å². The first-order valence-electron chi connectivity index (χ1n) is 11.7. The summed E-state index contributed by atoms with van der Waals surface area (Å²) in [6, 6.07) is 3.41. The first kappa shape index (κ1) is 23.5. The van der Waals surface area contributed by atoms with Crippen molar-refractivity contribution in [2.45, 2.75) is 32.4 Å². The molecule has 3 aromatic rings. The van der Waals surface area contributed by atoms with Gasteiger partial charge in [-0.2, -0.15) is 0 Å². The molecule has 1 fully saturated rings. The number of amides is 4. The Morgan fingerprint density at radius 3 is 2.50 bits per heavy atom. The lowest BCUT2D eigenvalue weighted by Gasteiger charge is -2.43. The molecule has 0 saturated carbocycles. The fraction of sp³-hybridized carbons (Fsp3) is 0.375. The molecule has 0 aromatic carbocycles. The van der Waals surface area contributed by atoms with Crippen molar-refractivity contribution >= 4 is 40.5 Å². The number of piperidine rings is 1. The number of aromatic nitrogens is 4. The molecule has 0 aliphatic carbocycles. The van der Waals surface area contributed by atoms with Gasteiger partial charge >= 0.3 is 6.03 Å². The van der Waals surface area contributed by atoms with Gasteiger partial charge in [0, 0.05) is 62.8 Å². The van der Waals surface area contributed by atoms with Crippen LogP contribution in [0.2, 0.25) is 0 Å². The molecule has 3 aromatic heterocycles. The summed E-state index contributed by atoms with van der Waals surface area (Å²) in [7, 11) is 1.75. The Balaban J connectivity index is 1.54. The highest BCUT2D eigenvalue weighted by atomic mass is 16.3. The first-order chi connectivity index (χ1) is 17.4. The molecule has 0 spiro atoms. The van der Waals surface area contributed by atoms with E-state index in [0.717, 1.165) is 11.3 Å². The molecule has 5 heterocycles. The third kappa shape index (κ3) is 4.31. The number of nitrogens with one attached hydrogen (secondary N) is 1. The molecular weight excluding hydrogens is 464 g/mol. The molecule has 2 aliphatic heterocycles. The van der Waals surface area contributed by atoms with Gasteiger partial charge in [-0.1, -0.05) is 0 Å². The van der Waals surface area contributed by atoms with Crippen LogP contribution in [-0.4, -0.2) is 85.5 Å². The molecule has 5 rings (SSSR count). The largest absolute Gasteiger partial charge is 0.387 e. The zero-order valence-corrected chi connectivity index (χ0v) is 20.0. The van der Waals surface area contributed by atoms with Crippen LogP contribution < -0.4 is 10.2 Å². The minimum Gasteiger partial charge on any atom is -0.387 e. The van der Waals surface area contributed by atoms with Gasteiger partial charge in [0.1, 0.15) is 12.1 Å². The molecule has 0 unspecified atom stereocenters. The maximum Gasteiger partial charge on any atom is 0.324 e. The third-order valence-corrected chi connectivity index (χ3v) is 6.50. The standard InChI is InChI=1S/C24H26N8O4/c1-14(34)28-23-26-9-15(10-27-23)18-3-4-19-21(29-18)22-16(11-25-19)12-30(2)24(36)32(22)17-5-7-31(8-6-17)20(35)13-33/h3-4,9-11,17,33H,5-8,12-13H2,1-2H3,(H,26,27,28,34). The topological polar surface area (TPSA) is 145 Å². The number of urea groups is 1. The van der Waals surface area contributed by atoms with Crippen LogP contribution in [0.25, 0.3) is 22.3 Å². The second kappa shape index (κ2) is 9.46.